The fraction of sp³-hybridized carbons (Fsp3) is 0.125. The van der Waals surface area contributed by atoms with Crippen LogP contribution in [-0.4, -0.2) is 18.1 Å². The maximum atomic E-state index is 11.0. The molecule has 1 aromatic carbocycles. The molecule has 0 aliphatic carbocycles. The third-order valence-electron chi connectivity index (χ3n) is 1.70. The first-order valence-corrected chi connectivity index (χ1v) is 4.43. The highest BCUT2D eigenvalue weighted by molar-refractivity contribution is 6.38. The summed E-state index contributed by atoms with van der Waals surface area (Å²) < 4.78 is 0. The zero-order valence-corrected chi connectivity index (χ0v) is 8.78. The molecule has 0 saturated heterocycles. The van der Waals surface area contributed by atoms with E-state index in [1.807, 2.05) is 0 Å². The SMILES string of the molecule is CNc1c(O)c(Cl)cc(Cl)c1C(N)=O. The minimum absolute atomic E-state index is 0.0241. The van der Waals surface area contributed by atoms with Crippen LogP contribution in [0.1, 0.15) is 10.4 Å². The van der Waals surface area contributed by atoms with Gasteiger partial charge in [0, 0.05) is 7.05 Å². The number of aromatic hydroxyl groups is 1. The molecule has 0 aliphatic heterocycles. The molecule has 0 bridgehead atoms. The Bertz CT molecular complexity index is 393. The normalized spacial score (nSPS) is 9.93. The number of anilines is 1. The molecule has 4 N–H and O–H groups in total. The van der Waals surface area contributed by atoms with Crippen LogP contribution in [0, 0.1) is 0 Å². The molecular formula is C8H8Cl2N2O2. The van der Waals surface area contributed by atoms with Gasteiger partial charge in [-0.05, 0) is 6.07 Å². The predicted octanol–water partition coefficient (Wildman–Crippen LogP) is 1.84. The van der Waals surface area contributed by atoms with Crippen LogP contribution in [0.5, 0.6) is 5.75 Å². The number of nitrogens with two attached hydrogens (primary N) is 1. The van der Waals surface area contributed by atoms with Crippen molar-refractivity contribution in [3.05, 3.63) is 21.7 Å². The summed E-state index contributed by atoms with van der Waals surface area (Å²) in [5, 5.41) is 12.3. The van der Waals surface area contributed by atoms with Crippen molar-refractivity contribution in [1.29, 1.82) is 0 Å². The van der Waals surface area contributed by atoms with Crippen LogP contribution in [0.15, 0.2) is 6.07 Å². The van der Waals surface area contributed by atoms with Crippen LogP contribution in [0.4, 0.5) is 5.69 Å². The lowest BCUT2D eigenvalue weighted by Crippen LogP contribution is -2.14. The van der Waals surface area contributed by atoms with Crippen molar-refractivity contribution in [2.24, 2.45) is 5.73 Å². The summed E-state index contributed by atoms with van der Waals surface area (Å²) in [6.45, 7) is 0. The van der Waals surface area contributed by atoms with Crippen molar-refractivity contribution in [2.75, 3.05) is 12.4 Å². The maximum absolute atomic E-state index is 11.0. The zero-order valence-electron chi connectivity index (χ0n) is 7.27. The Labute approximate surface area is 90.6 Å². The van der Waals surface area contributed by atoms with Gasteiger partial charge in [0.05, 0.1) is 21.3 Å². The Morgan fingerprint density at radius 1 is 1.50 bits per heavy atom. The van der Waals surface area contributed by atoms with Gasteiger partial charge in [-0.15, -0.1) is 0 Å². The number of halogens is 2. The Morgan fingerprint density at radius 2 is 2.07 bits per heavy atom. The van der Waals surface area contributed by atoms with Gasteiger partial charge in [-0.1, -0.05) is 23.2 Å². The fourth-order valence-corrected chi connectivity index (χ4v) is 1.65. The standard InChI is InChI=1S/C8H8Cl2N2O2/c1-12-6-5(8(11)14)3(9)2-4(10)7(6)13/h2,12-13H,1H3,(H2,11,14). The topological polar surface area (TPSA) is 75.3 Å². The molecule has 0 heterocycles. The number of rotatable bonds is 2. The van der Waals surface area contributed by atoms with Gasteiger partial charge in [0.1, 0.15) is 0 Å². The summed E-state index contributed by atoms with van der Waals surface area (Å²) in [6, 6.07) is 1.26. The van der Waals surface area contributed by atoms with E-state index in [2.05, 4.69) is 5.32 Å². The van der Waals surface area contributed by atoms with E-state index in [4.69, 9.17) is 28.9 Å². The van der Waals surface area contributed by atoms with Crippen molar-refractivity contribution >= 4 is 34.8 Å². The number of nitrogens with one attached hydrogen (secondary N) is 1. The predicted molar refractivity (Wildman–Crippen MR) is 56.2 cm³/mol. The summed E-state index contributed by atoms with van der Waals surface area (Å²) >= 11 is 11.4. The Morgan fingerprint density at radius 3 is 2.50 bits per heavy atom. The molecule has 4 nitrogen and oxygen atoms in total. The highest BCUT2D eigenvalue weighted by Gasteiger charge is 2.18. The summed E-state index contributed by atoms with van der Waals surface area (Å²) in [5.74, 6) is -0.973. The Hall–Kier alpha value is -1.13. The first kappa shape index (κ1) is 10.9. The van der Waals surface area contributed by atoms with Gasteiger partial charge >= 0.3 is 0 Å². The van der Waals surface area contributed by atoms with E-state index >= 15 is 0 Å². The van der Waals surface area contributed by atoms with Crippen molar-refractivity contribution in [3.8, 4) is 5.75 Å². The van der Waals surface area contributed by atoms with Gasteiger partial charge in [-0.3, -0.25) is 4.79 Å². The van der Waals surface area contributed by atoms with Gasteiger partial charge < -0.3 is 16.2 Å². The first-order chi connectivity index (χ1) is 6.49. The number of amides is 1. The fourth-order valence-electron chi connectivity index (χ4n) is 1.09. The molecule has 0 aliphatic rings. The number of carbonyl (C=O) groups excluding carboxylic acids is 1. The highest BCUT2D eigenvalue weighted by Crippen LogP contribution is 2.38. The van der Waals surface area contributed by atoms with Crippen LogP contribution in [-0.2, 0) is 0 Å². The first-order valence-electron chi connectivity index (χ1n) is 3.67. The smallest absolute Gasteiger partial charge is 0.252 e. The largest absolute Gasteiger partial charge is 0.504 e. The Balaban J connectivity index is 3.55. The van der Waals surface area contributed by atoms with E-state index in [1.165, 1.54) is 13.1 Å². The third-order valence-corrected chi connectivity index (χ3v) is 2.29. The molecule has 0 atom stereocenters. The number of hydrogen-bond donors (Lipinski definition) is 3. The summed E-state index contributed by atoms with van der Waals surface area (Å²) in [5.41, 5.74) is 5.25. The van der Waals surface area contributed by atoms with E-state index in [0.29, 0.717) is 0 Å². The number of phenolic OH excluding ortho intramolecular Hbond substituents is 1. The van der Waals surface area contributed by atoms with Crippen LogP contribution >= 0.6 is 23.2 Å². The maximum Gasteiger partial charge on any atom is 0.252 e. The molecule has 0 radical (unpaired) electrons. The lowest BCUT2D eigenvalue weighted by atomic mass is 10.1. The molecule has 76 valence electrons. The molecule has 14 heavy (non-hydrogen) atoms. The van der Waals surface area contributed by atoms with E-state index in [0.717, 1.165) is 0 Å². The molecule has 0 aromatic heterocycles. The number of benzene rings is 1. The second kappa shape index (κ2) is 3.94. The van der Waals surface area contributed by atoms with E-state index < -0.39 is 5.91 Å². The number of primary amides is 1. The third kappa shape index (κ3) is 1.71. The van der Waals surface area contributed by atoms with E-state index in [-0.39, 0.29) is 27.0 Å². The molecule has 1 aromatic rings. The molecule has 0 saturated carbocycles. The molecule has 0 unspecified atom stereocenters. The average Bonchev–Trinajstić information content (AvgIpc) is 2.09. The zero-order chi connectivity index (χ0) is 10.9. The Kier molecular flexibility index (Phi) is 3.08. The minimum atomic E-state index is -0.730. The monoisotopic (exact) mass is 234 g/mol. The molecule has 0 fully saturated rings. The van der Waals surface area contributed by atoms with Crippen molar-refractivity contribution in [3.63, 3.8) is 0 Å². The molecule has 1 amide bonds. The number of carbonyl (C=O) groups is 1. The molecular weight excluding hydrogens is 227 g/mol. The average molecular weight is 235 g/mol. The van der Waals surface area contributed by atoms with Gasteiger partial charge in [-0.2, -0.15) is 0 Å². The van der Waals surface area contributed by atoms with Gasteiger partial charge in [0.2, 0.25) is 0 Å². The molecule has 0 spiro atoms. The minimum Gasteiger partial charge on any atom is -0.504 e. The lowest BCUT2D eigenvalue weighted by Gasteiger charge is -2.11. The van der Waals surface area contributed by atoms with Crippen LogP contribution < -0.4 is 11.1 Å². The number of hydrogen-bond acceptors (Lipinski definition) is 3. The van der Waals surface area contributed by atoms with E-state index in [9.17, 15) is 9.90 Å². The summed E-state index contributed by atoms with van der Waals surface area (Å²) in [6.07, 6.45) is 0. The highest BCUT2D eigenvalue weighted by atomic mass is 35.5. The van der Waals surface area contributed by atoms with Crippen molar-refractivity contribution in [1.82, 2.24) is 0 Å². The van der Waals surface area contributed by atoms with E-state index in [1.54, 1.807) is 0 Å². The van der Waals surface area contributed by atoms with Crippen molar-refractivity contribution in [2.45, 2.75) is 0 Å². The van der Waals surface area contributed by atoms with Crippen LogP contribution in [0.25, 0.3) is 0 Å². The summed E-state index contributed by atoms with van der Waals surface area (Å²) in [7, 11) is 1.52. The quantitative estimate of drug-likeness (QED) is 0.684. The second-order valence-electron chi connectivity index (χ2n) is 2.55. The number of phenols is 1. The van der Waals surface area contributed by atoms with Crippen LogP contribution in [0.2, 0.25) is 10.0 Å². The molecule has 1 rings (SSSR count). The van der Waals surface area contributed by atoms with Crippen LogP contribution in [0.3, 0.4) is 0 Å². The second-order valence-corrected chi connectivity index (χ2v) is 3.37. The van der Waals surface area contributed by atoms with Gasteiger partial charge in [-0.25, -0.2) is 0 Å². The van der Waals surface area contributed by atoms with Gasteiger partial charge in [0.25, 0.3) is 5.91 Å². The lowest BCUT2D eigenvalue weighted by molar-refractivity contribution is 0.100. The van der Waals surface area contributed by atoms with Gasteiger partial charge in [0.15, 0.2) is 5.75 Å². The molecule has 6 heteroatoms. The van der Waals surface area contributed by atoms with Crippen molar-refractivity contribution < 1.29 is 9.90 Å². The summed E-state index contributed by atoms with van der Waals surface area (Å²) in [4.78, 5) is 11.0.